The molecule has 2 aliphatic rings. The van der Waals surface area contributed by atoms with Crippen LogP contribution >= 0.6 is 0 Å². The van der Waals surface area contributed by atoms with Crippen LogP contribution < -0.4 is 10.2 Å². The molecule has 1 aromatic rings. The predicted molar refractivity (Wildman–Crippen MR) is 101 cm³/mol. The van der Waals surface area contributed by atoms with Gasteiger partial charge in [-0.2, -0.15) is 0 Å². The van der Waals surface area contributed by atoms with Crippen LogP contribution in [0.15, 0.2) is 18.5 Å². The molecule has 0 saturated carbocycles. The zero-order chi connectivity index (χ0) is 17.6. The van der Waals surface area contributed by atoms with Gasteiger partial charge in [0, 0.05) is 56.8 Å². The van der Waals surface area contributed by atoms with Gasteiger partial charge in [0.1, 0.15) is 0 Å². The summed E-state index contributed by atoms with van der Waals surface area (Å²) in [4.78, 5) is 23.5. The summed E-state index contributed by atoms with van der Waals surface area (Å²) >= 11 is 0. The number of carbonyl (C=O) groups excluding carboxylic acids is 1. The summed E-state index contributed by atoms with van der Waals surface area (Å²) in [5, 5.41) is 3.17. The summed E-state index contributed by atoms with van der Waals surface area (Å²) in [5.41, 5.74) is 2.42. The first kappa shape index (κ1) is 18.0. The number of anilines is 1. The standard InChI is InChI=1S/C19H31N5O/c1-3-22-9-5-4-6-17(22)15-21-19(25)24-12-10-23(11-13-24)18-7-8-20-14-16(18)2/h7-8,14,17H,3-6,9-13,15H2,1-2H3,(H,21,25). The summed E-state index contributed by atoms with van der Waals surface area (Å²) in [6.45, 7) is 10.6. The van der Waals surface area contributed by atoms with Crippen molar-refractivity contribution < 1.29 is 4.79 Å². The Bertz CT molecular complexity index is 571. The Morgan fingerprint density at radius 2 is 2.04 bits per heavy atom. The first-order valence-corrected chi connectivity index (χ1v) is 9.61. The van der Waals surface area contributed by atoms with Gasteiger partial charge in [-0.3, -0.25) is 9.88 Å². The number of pyridine rings is 1. The molecule has 0 aliphatic carbocycles. The van der Waals surface area contributed by atoms with Crippen molar-refractivity contribution in [1.29, 1.82) is 0 Å². The zero-order valence-electron chi connectivity index (χ0n) is 15.6. The van der Waals surface area contributed by atoms with Gasteiger partial charge in [0.15, 0.2) is 0 Å². The van der Waals surface area contributed by atoms with E-state index in [0.717, 1.165) is 39.3 Å². The Morgan fingerprint density at radius 1 is 1.24 bits per heavy atom. The molecule has 0 radical (unpaired) electrons. The number of likely N-dealkylation sites (N-methyl/N-ethyl adjacent to an activating group) is 1. The summed E-state index contributed by atoms with van der Waals surface area (Å²) in [6.07, 6.45) is 7.50. The van der Waals surface area contributed by atoms with Crippen molar-refractivity contribution in [2.75, 3.05) is 50.7 Å². The topological polar surface area (TPSA) is 51.7 Å². The Kier molecular flexibility index (Phi) is 6.13. The Morgan fingerprint density at radius 3 is 2.76 bits per heavy atom. The molecule has 1 unspecified atom stereocenters. The predicted octanol–water partition coefficient (Wildman–Crippen LogP) is 2.10. The van der Waals surface area contributed by atoms with Crippen LogP contribution in [-0.2, 0) is 0 Å². The van der Waals surface area contributed by atoms with E-state index >= 15 is 0 Å². The number of piperidine rings is 1. The van der Waals surface area contributed by atoms with Gasteiger partial charge in [0.25, 0.3) is 0 Å². The van der Waals surface area contributed by atoms with E-state index in [1.54, 1.807) is 0 Å². The van der Waals surface area contributed by atoms with E-state index in [-0.39, 0.29) is 6.03 Å². The van der Waals surface area contributed by atoms with Crippen LogP contribution in [0.1, 0.15) is 31.7 Å². The van der Waals surface area contributed by atoms with Crippen LogP contribution in [0.25, 0.3) is 0 Å². The molecule has 6 nitrogen and oxygen atoms in total. The second-order valence-electron chi connectivity index (χ2n) is 7.10. The van der Waals surface area contributed by atoms with Crippen molar-refractivity contribution in [3.8, 4) is 0 Å². The van der Waals surface area contributed by atoms with Crippen molar-refractivity contribution in [2.45, 2.75) is 39.2 Å². The van der Waals surface area contributed by atoms with E-state index in [1.807, 2.05) is 17.3 Å². The third-order valence-electron chi connectivity index (χ3n) is 5.54. The molecule has 25 heavy (non-hydrogen) atoms. The number of aryl methyl sites for hydroxylation is 1. The molecule has 3 heterocycles. The van der Waals surface area contributed by atoms with E-state index in [4.69, 9.17) is 0 Å². The minimum absolute atomic E-state index is 0.0905. The molecule has 1 aromatic heterocycles. The quantitative estimate of drug-likeness (QED) is 0.908. The van der Waals surface area contributed by atoms with E-state index in [2.05, 4.69) is 40.0 Å². The first-order valence-electron chi connectivity index (χ1n) is 9.61. The van der Waals surface area contributed by atoms with Gasteiger partial charge in [0.2, 0.25) is 0 Å². The van der Waals surface area contributed by atoms with Gasteiger partial charge in [-0.05, 0) is 44.5 Å². The number of nitrogens with zero attached hydrogens (tertiary/aromatic N) is 4. The normalized spacial score (nSPS) is 22.1. The maximum atomic E-state index is 12.5. The molecule has 1 N–H and O–H groups in total. The number of urea groups is 1. The van der Waals surface area contributed by atoms with E-state index < -0.39 is 0 Å². The van der Waals surface area contributed by atoms with Crippen LogP contribution in [0.5, 0.6) is 0 Å². The summed E-state index contributed by atoms with van der Waals surface area (Å²) in [6, 6.07) is 2.66. The molecular formula is C19H31N5O. The average Bonchev–Trinajstić information content (AvgIpc) is 2.67. The summed E-state index contributed by atoms with van der Waals surface area (Å²) in [5.74, 6) is 0. The fraction of sp³-hybridized carbons (Fsp3) is 0.684. The third-order valence-corrected chi connectivity index (χ3v) is 5.54. The lowest BCUT2D eigenvalue weighted by atomic mass is 10.0. The van der Waals surface area contributed by atoms with E-state index in [9.17, 15) is 4.79 Å². The lowest BCUT2D eigenvalue weighted by Gasteiger charge is -2.38. The highest BCUT2D eigenvalue weighted by atomic mass is 16.2. The number of carbonyl (C=O) groups is 1. The number of piperazine rings is 1. The van der Waals surface area contributed by atoms with Crippen molar-refractivity contribution in [2.24, 2.45) is 0 Å². The van der Waals surface area contributed by atoms with Crippen LogP contribution in [0.2, 0.25) is 0 Å². The molecule has 6 heteroatoms. The maximum Gasteiger partial charge on any atom is 0.317 e. The van der Waals surface area contributed by atoms with Gasteiger partial charge in [-0.15, -0.1) is 0 Å². The first-order chi connectivity index (χ1) is 12.2. The molecular weight excluding hydrogens is 314 g/mol. The highest BCUT2D eigenvalue weighted by molar-refractivity contribution is 5.74. The minimum Gasteiger partial charge on any atom is -0.368 e. The average molecular weight is 345 g/mol. The molecule has 2 aliphatic heterocycles. The monoisotopic (exact) mass is 345 g/mol. The molecule has 0 bridgehead atoms. The second kappa shape index (κ2) is 8.52. The molecule has 2 amide bonds. The lowest BCUT2D eigenvalue weighted by molar-refractivity contribution is 0.147. The van der Waals surface area contributed by atoms with Crippen molar-refractivity contribution >= 4 is 11.7 Å². The number of aromatic nitrogens is 1. The number of amides is 2. The highest BCUT2D eigenvalue weighted by Gasteiger charge is 2.25. The molecule has 2 fully saturated rings. The van der Waals surface area contributed by atoms with Gasteiger partial charge in [-0.25, -0.2) is 4.79 Å². The highest BCUT2D eigenvalue weighted by Crippen LogP contribution is 2.20. The molecule has 138 valence electrons. The van der Waals surface area contributed by atoms with E-state index in [1.165, 1.54) is 37.1 Å². The molecule has 0 spiro atoms. The van der Waals surface area contributed by atoms with Crippen molar-refractivity contribution in [3.63, 3.8) is 0 Å². The molecule has 0 aromatic carbocycles. The number of likely N-dealkylation sites (tertiary alicyclic amines) is 1. The van der Waals surface area contributed by atoms with Crippen molar-refractivity contribution in [1.82, 2.24) is 20.1 Å². The van der Waals surface area contributed by atoms with Gasteiger partial charge < -0.3 is 15.1 Å². The van der Waals surface area contributed by atoms with E-state index in [0.29, 0.717) is 6.04 Å². The fourth-order valence-electron chi connectivity index (χ4n) is 4.00. The lowest BCUT2D eigenvalue weighted by Crippen LogP contribution is -2.54. The van der Waals surface area contributed by atoms with Crippen LogP contribution in [-0.4, -0.2) is 72.7 Å². The van der Waals surface area contributed by atoms with Crippen molar-refractivity contribution in [3.05, 3.63) is 24.0 Å². The fourth-order valence-corrected chi connectivity index (χ4v) is 4.00. The molecule has 3 rings (SSSR count). The minimum atomic E-state index is 0.0905. The number of rotatable bonds is 4. The van der Waals surface area contributed by atoms with Crippen LogP contribution in [0, 0.1) is 6.92 Å². The smallest absolute Gasteiger partial charge is 0.317 e. The maximum absolute atomic E-state index is 12.5. The number of hydrogen-bond donors (Lipinski definition) is 1. The zero-order valence-corrected chi connectivity index (χ0v) is 15.6. The van der Waals surface area contributed by atoms with Crippen LogP contribution in [0.4, 0.5) is 10.5 Å². The SMILES string of the molecule is CCN1CCCCC1CNC(=O)N1CCN(c2ccncc2C)CC1. The summed E-state index contributed by atoms with van der Waals surface area (Å²) in [7, 11) is 0. The second-order valence-corrected chi connectivity index (χ2v) is 7.10. The summed E-state index contributed by atoms with van der Waals surface area (Å²) < 4.78 is 0. The van der Waals surface area contributed by atoms with Gasteiger partial charge in [-0.1, -0.05) is 13.3 Å². The van der Waals surface area contributed by atoms with Gasteiger partial charge >= 0.3 is 6.03 Å². The molecule has 1 atom stereocenters. The Hall–Kier alpha value is -1.82. The third kappa shape index (κ3) is 4.42. The Balaban J connectivity index is 1.46. The molecule has 2 saturated heterocycles. The number of hydrogen-bond acceptors (Lipinski definition) is 4. The number of nitrogens with one attached hydrogen (secondary N) is 1. The van der Waals surface area contributed by atoms with Crippen LogP contribution in [0.3, 0.4) is 0 Å². The van der Waals surface area contributed by atoms with Gasteiger partial charge in [0.05, 0.1) is 0 Å². The largest absolute Gasteiger partial charge is 0.368 e. The Labute approximate surface area is 151 Å².